The Labute approximate surface area is 235 Å². The average molecular weight is 556 g/mol. The monoisotopic (exact) mass is 555 g/mol. The van der Waals surface area contributed by atoms with E-state index in [-0.39, 0.29) is 24.1 Å². The number of ether oxygens (including phenoxy) is 1. The van der Waals surface area contributed by atoms with Crippen LogP contribution in [0.4, 0.5) is 11.5 Å². The molecular weight excluding hydrogens is 526 g/mol. The number of aryl methyl sites for hydroxylation is 1. The second kappa shape index (κ2) is 11.1. The molecule has 0 bridgehead atoms. The second-order valence-corrected chi connectivity index (χ2v) is 10.8. The molecule has 0 spiro atoms. The number of aromatic hydroxyl groups is 1. The number of phenolic OH excluding ortho intramolecular Hbond substituents is 1. The number of aromatic nitrogens is 2. The molecule has 9 nitrogen and oxygen atoms in total. The molecule has 0 atom stereocenters. The van der Waals surface area contributed by atoms with Gasteiger partial charge in [-0.1, -0.05) is 36.9 Å². The summed E-state index contributed by atoms with van der Waals surface area (Å²) in [5, 5.41) is 12.7. The first kappa shape index (κ1) is 26.0. The molecule has 4 aromatic rings. The van der Waals surface area contributed by atoms with Crippen molar-refractivity contribution in [1.29, 1.82) is 0 Å². The van der Waals surface area contributed by atoms with Gasteiger partial charge in [-0.15, -0.1) is 11.3 Å². The van der Waals surface area contributed by atoms with Crippen LogP contribution in [0.15, 0.2) is 61.2 Å². The van der Waals surface area contributed by atoms with Gasteiger partial charge in [-0.05, 0) is 42.7 Å². The highest BCUT2D eigenvalue weighted by atomic mass is 32.1. The van der Waals surface area contributed by atoms with Crippen LogP contribution in [0.1, 0.15) is 12.0 Å². The molecule has 2 aliphatic rings. The van der Waals surface area contributed by atoms with Crippen LogP contribution < -0.4 is 15.1 Å². The van der Waals surface area contributed by atoms with E-state index in [1.165, 1.54) is 0 Å². The van der Waals surface area contributed by atoms with E-state index >= 15 is 0 Å². The molecule has 1 fully saturated rings. The van der Waals surface area contributed by atoms with Crippen molar-refractivity contribution >= 4 is 44.9 Å². The molecule has 2 aromatic carbocycles. The minimum atomic E-state index is -0.375. The van der Waals surface area contributed by atoms with Crippen LogP contribution in [-0.2, 0) is 20.7 Å². The van der Waals surface area contributed by atoms with Gasteiger partial charge in [0.05, 0.1) is 35.7 Å². The second-order valence-electron chi connectivity index (χ2n) is 9.73. The predicted molar refractivity (Wildman–Crippen MR) is 157 cm³/mol. The number of hydrogen-bond donors (Lipinski definition) is 2. The van der Waals surface area contributed by atoms with Crippen LogP contribution in [0.3, 0.4) is 0 Å². The smallest absolute Gasteiger partial charge is 0.246 e. The zero-order chi connectivity index (χ0) is 27.6. The lowest BCUT2D eigenvalue weighted by atomic mass is 9.96. The van der Waals surface area contributed by atoms with Crippen molar-refractivity contribution in [2.75, 3.05) is 49.2 Å². The fourth-order valence-electron chi connectivity index (χ4n) is 5.24. The number of nitrogens with one attached hydrogen (secondary N) is 1. The number of para-hydroxylation sites is 1. The summed E-state index contributed by atoms with van der Waals surface area (Å²) in [6.07, 6.45) is 2.89. The van der Waals surface area contributed by atoms with Crippen LogP contribution in [0, 0.1) is 0 Å². The first-order valence-electron chi connectivity index (χ1n) is 13.3. The van der Waals surface area contributed by atoms with Gasteiger partial charge in [0, 0.05) is 35.6 Å². The van der Waals surface area contributed by atoms with Crippen LogP contribution in [0.2, 0.25) is 0 Å². The molecule has 2 amide bonds. The summed E-state index contributed by atoms with van der Waals surface area (Å²) in [6, 6.07) is 15.2. The number of fused-ring (bicyclic) bond motifs is 2. The summed E-state index contributed by atoms with van der Waals surface area (Å²) >= 11 is 1.61. The summed E-state index contributed by atoms with van der Waals surface area (Å²) < 4.78 is 6.56. The zero-order valence-electron chi connectivity index (χ0n) is 21.9. The lowest BCUT2D eigenvalue weighted by Crippen LogP contribution is -2.42. The van der Waals surface area contributed by atoms with Crippen LogP contribution >= 0.6 is 11.3 Å². The lowest BCUT2D eigenvalue weighted by Gasteiger charge is -2.31. The van der Waals surface area contributed by atoms with Crippen molar-refractivity contribution in [3.63, 3.8) is 0 Å². The van der Waals surface area contributed by atoms with E-state index in [1.54, 1.807) is 34.4 Å². The van der Waals surface area contributed by atoms with Gasteiger partial charge in [0.2, 0.25) is 11.8 Å². The van der Waals surface area contributed by atoms with E-state index in [9.17, 15) is 14.7 Å². The largest absolute Gasteiger partial charge is 0.508 e. The molecule has 6 rings (SSSR count). The molecular formula is C30H29N5O4S. The van der Waals surface area contributed by atoms with Crippen LogP contribution in [0.5, 0.6) is 5.75 Å². The first-order chi connectivity index (χ1) is 19.5. The van der Waals surface area contributed by atoms with E-state index < -0.39 is 0 Å². The number of anilines is 2. The van der Waals surface area contributed by atoms with E-state index in [0.717, 1.165) is 75.3 Å². The molecule has 0 radical (unpaired) electrons. The topological polar surface area (TPSA) is 108 Å². The Hall–Kier alpha value is -4.28. The van der Waals surface area contributed by atoms with Crippen molar-refractivity contribution in [3.8, 4) is 27.6 Å². The van der Waals surface area contributed by atoms with Gasteiger partial charge in [0.25, 0.3) is 0 Å². The lowest BCUT2D eigenvalue weighted by molar-refractivity contribution is -0.122. The summed E-state index contributed by atoms with van der Waals surface area (Å²) in [7, 11) is 0. The molecule has 40 heavy (non-hydrogen) atoms. The summed E-state index contributed by atoms with van der Waals surface area (Å²) in [6.45, 7) is 6.64. The zero-order valence-corrected chi connectivity index (χ0v) is 22.7. The Kier molecular flexibility index (Phi) is 7.19. The van der Waals surface area contributed by atoms with Gasteiger partial charge in [0.1, 0.15) is 5.75 Å². The van der Waals surface area contributed by atoms with Gasteiger partial charge in [0.15, 0.2) is 11.6 Å². The Morgan fingerprint density at radius 3 is 2.73 bits per heavy atom. The van der Waals surface area contributed by atoms with E-state index in [4.69, 9.17) is 14.7 Å². The third-order valence-corrected chi connectivity index (χ3v) is 8.31. The molecule has 0 saturated carbocycles. The normalized spacial score (nSPS) is 15.1. The molecule has 1 saturated heterocycles. The minimum absolute atomic E-state index is 0.0923. The van der Waals surface area contributed by atoms with Crippen LogP contribution in [-0.4, -0.2) is 66.3 Å². The number of thiophene rings is 1. The van der Waals surface area contributed by atoms with Gasteiger partial charge >= 0.3 is 0 Å². The maximum atomic E-state index is 13.2. The van der Waals surface area contributed by atoms with Crippen molar-refractivity contribution in [3.05, 3.63) is 66.7 Å². The maximum absolute atomic E-state index is 13.2. The third kappa shape index (κ3) is 5.03. The molecule has 2 N–H and O–H groups in total. The Morgan fingerprint density at radius 1 is 1.10 bits per heavy atom. The summed E-state index contributed by atoms with van der Waals surface area (Å²) in [4.78, 5) is 39.8. The highest BCUT2D eigenvalue weighted by Gasteiger charge is 2.27. The average Bonchev–Trinajstić information content (AvgIpc) is 3.43. The SMILES string of the molecule is C=CC(=O)NCC(=O)N1CCCc2cccc(-c3cc4nc(-c5cccc(O)c5)nc(N5CCOCC5)c4s3)c21. The summed E-state index contributed by atoms with van der Waals surface area (Å²) in [5.41, 5.74) is 4.48. The first-order valence-corrected chi connectivity index (χ1v) is 14.1. The number of hydrogen-bond acceptors (Lipinski definition) is 8. The van der Waals surface area contributed by atoms with Crippen molar-refractivity contribution in [2.24, 2.45) is 0 Å². The highest BCUT2D eigenvalue weighted by Crippen LogP contribution is 2.44. The predicted octanol–water partition coefficient (Wildman–Crippen LogP) is 4.15. The number of phenols is 1. The fourth-order valence-corrected chi connectivity index (χ4v) is 6.38. The van der Waals surface area contributed by atoms with Gasteiger partial charge in [-0.3, -0.25) is 9.59 Å². The van der Waals surface area contributed by atoms with Crippen molar-refractivity contribution < 1.29 is 19.4 Å². The molecule has 4 heterocycles. The number of benzene rings is 2. The quantitative estimate of drug-likeness (QED) is 0.344. The van der Waals surface area contributed by atoms with E-state index in [2.05, 4.69) is 28.9 Å². The van der Waals surface area contributed by atoms with Gasteiger partial charge in [-0.2, -0.15) is 0 Å². The van der Waals surface area contributed by atoms with Crippen molar-refractivity contribution in [2.45, 2.75) is 12.8 Å². The number of amides is 2. The Morgan fingerprint density at radius 2 is 1.93 bits per heavy atom. The minimum Gasteiger partial charge on any atom is -0.508 e. The van der Waals surface area contributed by atoms with Gasteiger partial charge in [-0.25, -0.2) is 9.97 Å². The fraction of sp³-hybridized carbons (Fsp3) is 0.267. The molecule has 204 valence electrons. The van der Waals surface area contributed by atoms with E-state index in [1.807, 2.05) is 18.2 Å². The van der Waals surface area contributed by atoms with E-state index in [0.29, 0.717) is 25.6 Å². The summed E-state index contributed by atoms with van der Waals surface area (Å²) in [5.74, 6) is 1.00. The number of carbonyl (C=O) groups is 2. The van der Waals surface area contributed by atoms with Crippen LogP contribution in [0.25, 0.3) is 32.0 Å². The third-order valence-electron chi connectivity index (χ3n) is 7.15. The number of rotatable bonds is 6. The Bertz CT molecular complexity index is 1610. The molecule has 2 aromatic heterocycles. The molecule has 0 unspecified atom stereocenters. The van der Waals surface area contributed by atoms with Crippen molar-refractivity contribution in [1.82, 2.24) is 15.3 Å². The highest BCUT2D eigenvalue weighted by molar-refractivity contribution is 7.22. The number of morpholine rings is 1. The maximum Gasteiger partial charge on any atom is 0.246 e. The number of nitrogens with zero attached hydrogens (tertiary/aromatic N) is 4. The molecule has 2 aliphatic heterocycles. The molecule has 0 aliphatic carbocycles. The Balaban J connectivity index is 1.46. The standard InChI is InChI=1S/C30H29N5O4S/c1-2-25(37)31-18-26(38)35-11-5-8-19-6-4-10-22(27(19)35)24-17-23-28(40-24)30(34-12-14-39-15-13-34)33-29(32-23)20-7-3-9-21(36)16-20/h2-4,6-7,9-10,16-17,36H,1,5,8,11-15,18H2,(H,31,37). The number of carbonyl (C=O) groups excluding carboxylic acids is 2. The van der Waals surface area contributed by atoms with Gasteiger partial charge < -0.3 is 25.0 Å². The molecule has 10 heteroatoms.